The fourth-order valence-electron chi connectivity index (χ4n) is 2.25. The Bertz CT molecular complexity index is 362. The highest BCUT2D eigenvalue weighted by molar-refractivity contribution is 6.00. The van der Waals surface area contributed by atoms with Crippen molar-refractivity contribution in [2.24, 2.45) is 11.8 Å². The van der Waals surface area contributed by atoms with Gasteiger partial charge in [-0.2, -0.15) is 5.06 Å². The highest BCUT2D eigenvalue weighted by atomic mass is 16.7. The highest BCUT2D eigenvalue weighted by Gasteiger charge is 2.28. The number of carbonyl (C=O) groups excluding carboxylic acids is 3. The summed E-state index contributed by atoms with van der Waals surface area (Å²) in [4.78, 5) is 36.2. The van der Waals surface area contributed by atoms with Crippen LogP contribution in [-0.4, -0.2) is 30.3 Å². The molecule has 0 bridgehead atoms. The lowest BCUT2D eigenvalue weighted by Crippen LogP contribution is -2.27. The van der Waals surface area contributed by atoms with E-state index in [9.17, 15) is 14.4 Å². The summed E-state index contributed by atoms with van der Waals surface area (Å²) < 4.78 is 0. The Labute approximate surface area is 119 Å². The molecule has 2 aliphatic rings. The van der Waals surface area contributed by atoms with Gasteiger partial charge in [0.05, 0.1) is 7.11 Å². The second-order valence-corrected chi connectivity index (χ2v) is 5.22. The Morgan fingerprint density at radius 3 is 2.35 bits per heavy atom. The molecule has 1 aliphatic carbocycles. The largest absolute Gasteiger partial charge is 0.303 e. The molecule has 2 rings (SSSR count). The van der Waals surface area contributed by atoms with E-state index in [1.54, 1.807) is 0 Å². The summed E-state index contributed by atoms with van der Waals surface area (Å²) in [5.74, 6) is 0.491. The lowest BCUT2D eigenvalue weighted by atomic mass is 9.91. The van der Waals surface area contributed by atoms with Crippen molar-refractivity contribution in [3.63, 3.8) is 0 Å². The Balaban J connectivity index is 0.000000204. The van der Waals surface area contributed by atoms with Crippen LogP contribution in [0.3, 0.4) is 0 Å². The number of amides is 2. The van der Waals surface area contributed by atoms with E-state index in [4.69, 9.17) is 0 Å². The van der Waals surface area contributed by atoms with Crippen molar-refractivity contribution in [3.05, 3.63) is 12.2 Å². The number of allylic oxidation sites excluding steroid dienone is 2. The van der Waals surface area contributed by atoms with Crippen molar-refractivity contribution < 1.29 is 19.2 Å². The fraction of sp³-hybridized carbons (Fsp3) is 0.667. The SMILES string of the molecule is CC1/C=C/CCC(C=O)CC1.CON1C(=O)CCC1=O. The molecule has 2 unspecified atom stereocenters. The maximum Gasteiger partial charge on any atom is 0.253 e. The zero-order valence-electron chi connectivity index (χ0n) is 12.2. The topological polar surface area (TPSA) is 63.7 Å². The Hall–Kier alpha value is -1.49. The van der Waals surface area contributed by atoms with Gasteiger partial charge in [0.2, 0.25) is 0 Å². The lowest BCUT2D eigenvalue weighted by molar-refractivity contribution is -0.179. The average molecular weight is 281 g/mol. The summed E-state index contributed by atoms with van der Waals surface area (Å²) in [5.41, 5.74) is 0. The standard InChI is InChI=1S/C10H16O.C5H7NO3/c1-9-4-2-3-5-10(8-11)7-6-9;1-9-6-4(7)2-3-5(6)8/h2,4,8-10H,3,5-7H2,1H3;2-3H2,1H3/b4-2+;. The number of hydroxylamine groups is 2. The van der Waals surface area contributed by atoms with E-state index in [2.05, 4.69) is 23.9 Å². The summed E-state index contributed by atoms with van der Waals surface area (Å²) in [6.07, 6.45) is 10.5. The van der Waals surface area contributed by atoms with E-state index < -0.39 is 0 Å². The molecule has 0 aromatic carbocycles. The molecule has 1 heterocycles. The van der Waals surface area contributed by atoms with Crippen molar-refractivity contribution in [1.29, 1.82) is 0 Å². The van der Waals surface area contributed by atoms with Crippen LogP contribution in [0.1, 0.15) is 45.4 Å². The molecule has 20 heavy (non-hydrogen) atoms. The first-order valence-corrected chi connectivity index (χ1v) is 7.10. The van der Waals surface area contributed by atoms with Gasteiger partial charge in [-0.15, -0.1) is 0 Å². The van der Waals surface area contributed by atoms with Crippen LogP contribution in [0.25, 0.3) is 0 Å². The molecule has 1 aliphatic heterocycles. The van der Waals surface area contributed by atoms with Crippen LogP contribution in [0.4, 0.5) is 0 Å². The van der Waals surface area contributed by atoms with Crippen LogP contribution in [0, 0.1) is 11.8 Å². The van der Waals surface area contributed by atoms with Crippen molar-refractivity contribution in [2.45, 2.75) is 45.4 Å². The molecule has 5 nitrogen and oxygen atoms in total. The molecule has 0 aromatic heterocycles. The smallest absolute Gasteiger partial charge is 0.253 e. The summed E-state index contributed by atoms with van der Waals surface area (Å²) in [6, 6.07) is 0. The molecule has 0 radical (unpaired) electrons. The van der Waals surface area contributed by atoms with Gasteiger partial charge in [-0.25, -0.2) is 0 Å². The quantitative estimate of drug-likeness (QED) is 0.442. The maximum absolute atomic E-state index is 10.6. The predicted octanol–water partition coefficient (Wildman–Crippen LogP) is 2.26. The third-order valence-electron chi connectivity index (χ3n) is 3.54. The molecule has 0 saturated carbocycles. The average Bonchev–Trinajstić information content (AvgIpc) is 2.74. The van der Waals surface area contributed by atoms with Gasteiger partial charge in [0.25, 0.3) is 11.8 Å². The Morgan fingerprint density at radius 2 is 1.85 bits per heavy atom. The van der Waals surface area contributed by atoms with Gasteiger partial charge in [-0.05, 0) is 31.6 Å². The van der Waals surface area contributed by atoms with Gasteiger partial charge < -0.3 is 4.79 Å². The third kappa shape index (κ3) is 5.25. The maximum atomic E-state index is 10.6. The van der Waals surface area contributed by atoms with E-state index in [0.717, 1.165) is 30.6 Å². The lowest BCUT2D eigenvalue weighted by Gasteiger charge is -2.14. The molecule has 0 aromatic rings. The molecule has 1 saturated heterocycles. The van der Waals surface area contributed by atoms with E-state index in [-0.39, 0.29) is 24.7 Å². The number of carbonyl (C=O) groups is 3. The summed E-state index contributed by atoms with van der Waals surface area (Å²) in [5, 5.41) is 0.792. The molecule has 2 amide bonds. The van der Waals surface area contributed by atoms with E-state index in [1.165, 1.54) is 13.5 Å². The second-order valence-electron chi connectivity index (χ2n) is 5.22. The normalized spacial score (nSPS) is 28.2. The van der Waals surface area contributed by atoms with Gasteiger partial charge in [0.1, 0.15) is 6.29 Å². The van der Waals surface area contributed by atoms with Crippen molar-refractivity contribution in [2.75, 3.05) is 7.11 Å². The van der Waals surface area contributed by atoms with Crippen LogP contribution < -0.4 is 0 Å². The molecule has 1 fully saturated rings. The van der Waals surface area contributed by atoms with Crippen molar-refractivity contribution >= 4 is 18.1 Å². The zero-order valence-corrected chi connectivity index (χ0v) is 12.2. The van der Waals surface area contributed by atoms with Gasteiger partial charge in [-0.1, -0.05) is 19.1 Å². The number of hydrogen-bond donors (Lipinski definition) is 0. The first-order valence-electron chi connectivity index (χ1n) is 7.10. The summed E-state index contributed by atoms with van der Waals surface area (Å²) in [6.45, 7) is 2.21. The fourth-order valence-corrected chi connectivity index (χ4v) is 2.25. The molecule has 0 spiro atoms. The molecule has 2 atom stereocenters. The van der Waals surface area contributed by atoms with E-state index >= 15 is 0 Å². The Morgan fingerprint density at radius 1 is 1.20 bits per heavy atom. The number of imide groups is 1. The number of hydrogen-bond acceptors (Lipinski definition) is 4. The number of rotatable bonds is 2. The van der Waals surface area contributed by atoms with Gasteiger partial charge in [0.15, 0.2) is 0 Å². The molecule has 0 N–H and O–H groups in total. The second kappa shape index (κ2) is 8.64. The molecular weight excluding hydrogens is 258 g/mol. The van der Waals surface area contributed by atoms with E-state index in [0.29, 0.717) is 11.8 Å². The van der Waals surface area contributed by atoms with Crippen LogP contribution in [-0.2, 0) is 19.2 Å². The molecule has 5 heteroatoms. The van der Waals surface area contributed by atoms with Gasteiger partial charge >= 0.3 is 0 Å². The third-order valence-corrected chi connectivity index (χ3v) is 3.54. The zero-order chi connectivity index (χ0) is 15.0. The summed E-state index contributed by atoms with van der Waals surface area (Å²) >= 11 is 0. The monoisotopic (exact) mass is 281 g/mol. The predicted molar refractivity (Wildman–Crippen MR) is 74.4 cm³/mol. The van der Waals surface area contributed by atoms with Crippen LogP contribution in [0.2, 0.25) is 0 Å². The van der Waals surface area contributed by atoms with Crippen molar-refractivity contribution in [3.8, 4) is 0 Å². The van der Waals surface area contributed by atoms with Crippen LogP contribution in [0.15, 0.2) is 12.2 Å². The number of nitrogens with zero attached hydrogens (tertiary/aromatic N) is 1. The minimum Gasteiger partial charge on any atom is -0.303 e. The minimum absolute atomic E-state index is 0.248. The van der Waals surface area contributed by atoms with Crippen molar-refractivity contribution in [1.82, 2.24) is 5.06 Å². The van der Waals surface area contributed by atoms with Gasteiger partial charge in [-0.3, -0.25) is 14.4 Å². The Kier molecular flexibility index (Phi) is 7.15. The van der Waals surface area contributed by atoms with Gasteiger partial charge in [0, 0.05) is 18.8 Å². The molecule has 112 valence electrons. The van der Waals surface area contributed by atoms with Crippen LogP contribution >= 0.6 is 0 Å². The van der Waals surface area contributed by atoms with Crippen LogP contribution in [0.5, 0.6) is 0 Å². The molecular formula is C15H23NO4. The first-order chi connectivity index (χ1) is 9.58. The number of aldehydes is 1. The summed E-state index contributed by atoms with van der Waals surface area (Å²) in [7, 11) is 1.31. The minimum atomic E-state index is -0.248. The van der Waals surface area contributed by atoms with E-state index in [1.807, 2.05) is 0 Å². The highest BCUT2D eigenvalue weighted by Crippen LogP contribution is 2.19. The first kappa shape index (κ1) is 16.6.